The highest BCUT2D eigenvalue weighted by atomic mass is 79.9. The molecule has 0 aromatic heterocycles. The van der Waals surface area contributed by atoms with E-state index in [1.807, 2.05) is 32.2 Å². The zero-order valence-electron chi connectivity index (χ0n) is 12.0. The van der Waals surface area contributed by atoms with Crippen LogP contribution in [0.5, 0.6) is 5.75 Å². The van der Waals surface area contributed by atoms with E-state index in [2.05, 4.69) is 27.3 Å². The van der Waals surface area contributed by atoms with Gasteiger partial charge in [0.05, 0.1) is 12.6 Å². The zero-order valence-corrected chi connectivity index (χ0v) is 13.6. The molecule has 1 unspecified atom stereocenters. The lowest BCUT2D eigenvalue weighted by molar-refractivity contribution is 0.350. The molecule has 2 aromatic carbocycles. The van der Waals surface area contributed by atoms with Gasteiger partial charge in [0.25, 0.3) is 0 Å². The first-order chi connectivity index (χ1) is 10.1. The van der Waals surface area contributed by atoms with Crippen LogP contribution in [0.4, 0.5) is 4.39 Å². The number of nitrogens with one attached hydrogen (secondary N) is 1. The molecule has 0 amide bonds. The lowest BCUT2D eigenvalue weighted by Gasteiger charge is -2.21. The smallest absolute Gasteiger partial charge is 0.128 e. The van der Waals surface area contributed by atoms with Gasteiger partial charge in [0.2, 0.25) is 0 Å². The van der Waals surface area contributed by atoms with E-state index >= 15 is 0 Å². The quantitative estimate of drug-likeness (QED) is 0.898. The molecule has 1 aliphatic heterocycles. The van der Waals surface area contributed by atoms with Gasteiger partial charge in [-0.2, -0.15) is 0 Å². The summed E-state index contributed by atoms with van der Waals surface area (Å²) in [5, 5.41) is 3.21. The molecule has 0 spiro atoms. The molecule has 1 heterocycles. The van der Waals surface area contributed by atoms with Crippen molar-refractivity contribution in [2.45, 2.75) is 19.4 Å². The van der Waals surface area contributed by atoms with Gasteiger partial charge in [-0.05, 0) is 43.3 Å². The van der Waals surface area contributed by atoms with Gasteiger partial charge < -0.3 is 10.1 Å². The predicted octanol–water partition coefficient (Wildman–Crippen LogP) is 4.14. The Morgan fingerprint density at radius 1 is 1.24 bits per heavy atom. The third-order valence-corrected chi connectivity index (χ3v) is 4.30. The van der Waals surface area contributed by atoms with Crippen LogP contribution in [0.25, 0.3) is 0 Å². The number of hydrogen-bond donors (Lipinski definition) is 1. The molecule has 4 heteroatoms. The summed E-state index contributed by atoms with van der Waals surface area (Å²) in [5.41, 5.74) is 3.70. The Balaban J connectivity index is 2.13. The largest absolute Gasteiger partial charge is 0.493 e. The Kier molecular flexibility index (Phi) is 4.00. The average molecular weight is 350 g/mol. The molecule has 1 aliphatic rings. The monoisotopic (exact) mass is 349 g/mol. The first-order valence-corrected chi connectivity index (χ1v) is 7.78. The molecular weight excluding hydrogens is 333 g/mol. The van der Waals surface area contributed by atoms with Crippen LogP contribution in [-0.4, -0.2) is 13.7 Å². The summed E-state index contributed by atoms with van der Waals surface area (Å²) in [7, 11) is 1.84. The predicted molar refractivity (Wildman–Crippen MR) is 85.4 cm³/mol. The van der Waals surface area contributed by atoms with Gasteiger partial charge in [-0.3, -0.25) is 0 Å². The SMILES string of the molecule is CNC(c1ccc(C)cc1F)c1cc(Br)cc2c1OCC2. The Bertz CT molecular complexity index is 687. The Morgan fingerprint density at radius 3 is 2.76 bits per heavy atom. The maximum atomic E-state index is 14.3. The third kappa shape index (κ3) is 2.70. The van der Waals surface area contributed by atoms with Gasteiger partial charge >= 0.3 is 0 Å². The lowest BCUT2D eigenvalue weighted by Crippen LogP contribution is -2.19. The normalized spacial score (nSPS) is 14.7. The molecule has 0 aliphatic carbocycles. The van der Waals surface area contributed by atoms with E-state index in [1.165, 1.54) is 5.56 Å². The Hall–Kier alpha value is -1.39. The molecule has 2 aromatic rings. The number of ether oxygens (including phenoxy) is 1. The topological polar surface area (TPSA) is 21.3 Å². The van der Waals surface area contributed by atoms with Crippen molar-refractivity contribution in [2.24, 2.45) is 0 Å². The van der Waals surface area contributed by atoms with E-state index in [0.717, 1.165) is 27.8 Å². The first-order valence-electron chi connectivity index (χ1n) is 6.98. The first kappa shape index (κ1) is 14.5. The summed E-state index contributed by atoms with van der Waals surface area (Å²) in [4.78, 5) is 0. The van der Waals surface area contributed by atoms with Crippen molar-refractivity contribution in [3.05, 3.63) is 62.9 Å². The van der Waals surface area contributed by atoms with E-state index in [4.69, 9.17) is 4.74 Å². The number of aryl methyl sites for hydroxylation is 1. The van der Waals surface area contributed by atoms with Crippen molar-refractivity contribution in [1.29, 1.82) is 0 Å². The molecule has 0 radical (unpaired) electrons. The minimum atomic E-state index is -0.227. The standard InChI is InChI=1S/C17H17BrFNO/c1-10-3-4-13(15(19)7-10)16(20-2)14-9-12(18)8-11-5-6-21-17(11)14/h3-4,7-9,16,20H,5-6H2,1-2H3. The van der Waals surface area contributed by atoms with Crippen LogP contribution in [-0.2, 0) is 6.42 Å². The van der Waals surface area contributed by atoms with E-state index in [9.17, 15) is 4.39 Å². The molecule has 110 valence electrons. The second-order valence-electron chi connectivity index (χ2n) is 5.33. The van der Waals surface area contributed by atoms with Crippen molar-refractivity contribution in [3.63, 3.8) is 0 Å². The van der Waals surface area contributed by atoms with Gasteiger partial charge in [0.1, 0.15) is 11.6 Å². The molecule has 0 bridgehead atoms. The van der Waals surface area contributed by atoms with Gasteiger partial charge in [-0.15, -0.1) is 0 Å². The molecule has 0 saturated heterocycles. The lowest BCUT2D eigenvalue weighted by atomic mass is 9.95. The fourth-order valence-electron chi connectivity index (χ4n) is 2.86. The van der Waals surface area contributed by atoms with Crippen LogP contribution < -0.4 is 10.1 Å². The van der Waals surface area contributed by atoms with Gasteiger partial charge in [0, 0.05) is 22.0 Å². The summed E-state index contributed by atoms with van der Waals surface area (Å²) in [5.74, 6) is 0.693. The molecule has 21 heavy (non-hydrogen) atoms. The molecule has 0 fully saturated rings. The summed E-state index contributed by atoms with van der Waals surface area (Å²) in [6.07, 6.45) is 0.897. The third-order valence-electron chi connectivity index (χ3n) is 3.84. The molecular formula is C17H17BrFNO. The van der Waals surface area contributed by atoms with Crippen molar-refractivity contribution in [2.75, 3.05) is 13.7 Å². The van der Waals surface area contributed by atoms with Crippen LogP contribution in [0.3, 0.4) is 0 Å². The fourth-order valence-corrected chi connectivity index (χ4v) is 3.38. The summed E-state index contributed by atoms with van der Waals surface area (Å²) < 4.78 is 21.1. The Labute approximate surface area is 132 Å². The van der Waals surface area contributed by atoms with Crippen molar-refractivity contribution in [3.8, 4) is 5.75 Å². The van der Waals surface area contributed by atoms with Gasteiger partial charge in [0.15, 0.2) is 0 Å². The summed E-state index contributed by atoms with van der Waals surface area (Å²) >= 11 is 3.54. The molecule has 1 N–H and O–H groups in total. The zero-order chi connectivity index (χ0) is 15.0. The number of halogens is 2. The van der Waals surface area contributed by atoms with Crippen LogP contribution in [0.15, 0.2) is 34.8 Å². The van der Waals surface area contributed by atoms with Crippen LogP contribution in [0, 0.1) is 12.7 Å². The second kappa shape index (κ2) is 5.78. The average Bonchev–Trinajstić information content (AvgIpc) is 2.89. The van der Waals surface area contributed by atoms with Gasteiger partial charge in [-0.1, -0.05) is 28.1 Å². The summed E-state index contributed by atoms with van der Waals surface area (Å²) in [6.45, 7) is 2.58. The second-order valence-corrected chi connectivity index (χ2v) is 6.24. The number of benzene rings is 2. The number of fused-ring (bicyclic) bond motifs is 1. The number of hydrogen-bond acceptors (Lipinski definition) is 2. The molecule has 1 atom stereocenters. The van der Waals surface area contributed by atoms with Crippen LogP contribution in [0.2, 0.25) is 0 Å². The highest BCUT2D eigenvalue weighted by Crippen LogP contribution is 2.39. The van der Waals surface area contributed by atoms with E-state index in [1.54, 1.807) is 6.07 Å². The van der Waals surface area contributed by atoms with Gasteiger partial charge in [-0.25, -0.2) is 4.39 Å². The van der Waals surface area contributed by atoms with E-state index < -0.39 is 0 Å². The van der Waals surface area contributed by atoms with Crippen molar-refractivity contribution >= 4 is 15.9 Å². The van der Waals surface area contributed by atoms with E-state index in [0.29, 0.717) is 12.2 Å². The minimum absolute atomic E-state index is 0.193. The van der Waals surface area contributed by atoms with E-state index in [-0.39, 0.29) is 11.9 Å². The highest BCUT2D eigenvalue weighted by molar-refractivity contribution is 9.10. The maximum absolute atomic E-state index is 14.3. The minimum Gasteiger partial charge on any atom is -0.493 e. The number of rotatable bonds is 3. The van der Waals surface area contributed by atoms with Crippen LogP contribution in [0.1, 0.15) is 28.3 Å². The molecule has 0 saturated carbocycles. The molecule has 3 rings (SSSR count). The van der Waals surface area contributed by atoms with Crippen molar-refractivity contribution in [1.82, 2.24) is 5.32 Å². The molecule has 2 nitrogen and oxygen atoms in total. The maximum Gasteiger partial charge on any atom is 0.128 e. The van der Waals surface area contributed by atoms with Crippen molar-refractivity contribution < 1.29 is 9.13 Å². The Morgan fingerprint density at radius 2 is 2.05 bits per heavy atom. The highest BCUT2D eigenvalue weighted by Gasteiger charge is 2.25. The summed E-state index contributed by atoms with van der Waals surface area (Å²) in [6, 6.07) is 9.19. The van der Waals surface area contributed by atoms with Crippen LogP contribution >= 0.6 is 15.9 Å². The fraction of sp³-hybridized carbons (Fsp3) is 0.294.